The van der Waals surface area contributed by atoms with Crippen molar-refractivity contribution >= 4 is 27.8 Å². The van der Waals surface area contributed by atoms with E-state index < -0.39 is 0 Å². The number of hydrogen-bond acceptors (Lipinski definition) is 2. The van der Waals surface area contributed by atoms with Gasteiger partial charge in [-0.3, -0.25) is 4.79 Å². The van der Waals surface area contributed by atoms with Gasteiger partial charge in [0.2, 0.25) is 0 Å². The van der Waals surface area contributed by atoms with E-state index in [0.717, 1.165) is 11.0 Å². The summed E-state index contributed by atoms with van der Waals surface area (Å²) in [6.45, 7) is 1.51. The number of rotatable bonds is 3. The summed E-state index contributed by atoms with van der Waals surface area (Å²) in [6.07, 6.45) is 3.81. The standard InChI is InChI=1S/C10H10BrNO/c1-8(13)10-6-2-4-9(12-10)5-3-7-11/h2-6H,7H2,1H3. The second-order valence-corrected chi connectivity index (χ2v) is 3.21. The van der Waals surface area contributed by atoms with Crippen LogP contribution in [-0.2, 0) is 0 Å². The molecule has 0 aromatic carbocycles. The Balaban J connectivity index is 2.92. The van der Waals surface area contributed by atoms with Crippen LogP contribution in [0.4, 0.5) is 0 Å². The third-order valence-corrected chi connectivity index (χ3v) is 1.88. The molecule has 13 heavy (non-hydrogen) atoms. The number of pyridine rings is 1. The summed E-state index contributed by atoms with van der Waals surface area (Å²) in [5.41, 5.74) is 1.32. The molecule has 68 valence electrons. The summed E-state index contributed by atoms with van der Waals surface area (Å²) < 4.78 is 0. The summed E-state index contributed by atoms with van der Waals surface area (Å²) in [6, 6.07) is 5.41. The molecule has 0 aliphatic rings. The molecular weight excluding hydrogens is 230 g/mol. The number of carbonyl (C=O) groups excluding carboxylic acids is 1. The molecule has 0 saturated heterocycles. The Labute approximate surface area is 85.8 Å². The van der Waals surface area contributed by atoms with E-state index in [1.807, 2.05) is 24.3 Å². The zero-order chi connectivity index (χ0) is 9.68. The summed E-state index contributed by atoms with van der Waals surface area (Å²) in [7, 11) is 0. The Morgan fingerprint density at radius 2 is 2.38 bits per heavy atom. The van der Waals surface area contributed by atoms with E-state index in [-0.39, 0.29) is 5.78 Å². The molecule has 0 aliphatic carbocycles. The van der Waals surface area contributed by atoms with Crippen molar-refractivity contribution in [3.63, 3.8) is 0 Å². The SMILES string of the molecule is CC(=O)c1cccc(C=CCBr)n1. The van der Waals surface area contributed by atoms with E-state index in [9.17, 15) is 4.79 Å². The van der Waals surface area contributed by atoms with Crippen LogP contribution in [-0.4, -0.2) is 16.1 Å². The average molecular weight is 240 g/mol. The van der Waals surface area contributed by atoms with Crippen molar-refractivity contribution in [2.75, 3.05) is 5.33 Å². The molecule has 1 aromatic rings. The van der Waals surface area contributed by atoms with Crippen LogP contribution in [0.15, 0.2) is 24.3 Å². The zero-order valence-electron chi connectivity index (χ0n) is 7.33. The molecule has 0 spiro atoms. The van der Waals surface area contributed by atoms with Gasteiger partial charge in [0.25, 0.3) is 0 Å². The molecular formula is C10H10BrNO. The van der Waals surface area contributed by atoms with Crippen LogP contribution in [0.1, 0.15) is 23.1 Å². The van der Waals surface area contributed by atoms with Gasteiger partial charge in [0.15, 0.2) is 5.78 Å². The average Bonchev–Trinajstić information content (AvgIpc) is 2.15. The van der Waals surface area contributed by atoms with Gasteiger partial charge < -0.3 is 0 Å². The van der Waals surface area contributed by atoms with Crippen LogP contribution < -0.4 is 0 Å². The highest BCUT2D eigenvalue weighted by molar-refractivity contribution is 9.09. The molecule has 1 rings (SSSR count). The Hall–Kier alpha value is -0.960. The maximum Gasteiger partial charge on any atom is 0.178 e. The van der Waals surface area contributed by atoms with Crippen molar-refractivity contribution < 1.29 is 4.79 Å². The van der Waals surface area contributed by atoms with Crippen LogP contribution in [0.2, 0.25) is 0 Å². The van der Waals surface area contributed by atoms with Crippen molar-refractivity contribution in [3.05, 3.63) is 35.7 Å². The van der Waals surface area contributed by atoms with Crippen molar-refractivity contribution in [2.45, 2.75) is 6.92 Å². The molecule has 0 bridgehead atoms. The Morgan fingerprint density at radius 1 is 1.62 bits per heavy atom. The van der Waals surface area contributed by atoms with Gasteiger partial charge in [0.05, 0.1) is 5.69 Å². The molecule has 1 aromatic heterocycles. The second-order valence-electron chi connectivity index (χ2n) is 2.56. The predicted molar refractivity (Wildman–Crippen MR) is 57.1 cm³/mol. The molecule has 0 amide bonds. The molecule has 0 saturated carbocycles. The topological polar surface area (TPSA) is 30.0 Å². The highest BCUT2D eigenvalue weighted by Gasteiger charge is 1.99. The monoisotopic (exact) mass is 239 g/mol. The van der Waals surface area contributed by atoms with Gasteiger partial charge >= 0.3 is 0 Å². The van der Waals surface area contributed by atoms with E-state index in [0.29, 0.717) is 5.69 Å². The third kappa shape index (κ3) is 3.11. The lowest BCUT2D eigenvalue weighted by Crippen LogP contribution is -1.96. The lowest BCUT2D eigenvalue weighted by Gasteiger charge is -1.95. The number of allylic oxidation sites excluding steroid dienone is 1. The number of ketones is 1. The minimum absolute atomic E-state index is 0.00547. The number of alkyl halides is 1. The van der Waals surface area contributed by atoms with Crippen molar-refractivity contribution in [3.8, 4) is 0 Å². The number of Topliss-reactive ketones (excluding diaryl/α,β-unsaturated/α-hetero) is 1. The summed E-state index contributed by atoms with van der Waals surface area (Å²) in [4.78, 5) is 15.1. The molecule has 0 atom stereocenters. The first-order valence-electron chi connectivity index (χ1n) is 3.94. The normalized spacial score (nSPS) is 10.6. The number of carbonyl (C=O) groups is 1. The van der Waals surface area contributed by atoms with E-state index in [1.54, 1.807) is 6.07 Å². The van der Waals surface area contributed by atoms with Gasteiger partial charge in [0, 0.05) is 12.3 Å². The van der Waals surface area contributed by atoms with Crippen molar-refractivity contribution in [2.24, 2.45) is 0 Å². The molecule has 0 fully saturated rings. The van der Waals surface area contributed by atoms with Crippen LogP contribution in [0, 0.1) is 0 Å². The Kier molecular flexibility index (Phi) is 3.83. The maximum atomic E-state index is 11.0. The second kappa shape index (κ2) is 4.92. The van der Waals surface area contributed by atoms with Gasteiger partial charge in [-0.05, 0) is 18.2 Å². The number of aromatic nitrogens is 1. The third-order valence-electron chi connectivity index (χ3n) is 1.51. The summed E-state index contributed by atoms with van der Waals surface area (Å²) in [5, 5.41) is 0.791. The first-order valence-corrected chi connectivity index (χ1v) is 5.06. The van der Waals surface area contributed by atoms with Gasteiger partial charge in [-0.1, -0.05) is 28.1 Å². The van der Waals surface area contributed by atoms with Crippen LogP contribution in [0.5, 0.6) is 0 Å². The molecule has 2 nitrogen and oxygen atoms in total. The fourth-order valence-corrected chi connectivity index (χ4v) is 1.09. The lowest BCUT2D eigenvalue weighted by atomic mass is 10.2. The quantitative estimate of drug-likeness (QED) is 0.600. The summed E-state index contributed by atoms with van der Waals surface area (Å²) in [5.74, 6) is -0.00547. The summed E-state index contributed by atoms with van der Waals surface area (Å²) >= 11 is 3.27. The minimum Gasteiger partial charge on any atom is -0.293 e. The molecule has 0 unspecified atom stereocenters. The molecule has 0 N–H and O–H groups in total. The smallest absolute Gasteiger partial charge is 0.178 e. The van der Waals surface area contributed by atoms with E-state index >= 15 is 0 Å². The lowest BCUT2D eigenvalue weighted by molar-refractivity contribution is 0.101. The molecule has 0 aliphatic heterocycles. The van der Waals surface area contributed by atoms with Gasteiger partial charge in [-0.2, -0.15) is 0 Å². The fourth-order valence-electron chi connectivity index (χ4n) is 0.906. The first-order chi connectivity index (χ1) is 6.24. The highest BCUT2D eigenvalue weighted by atomic mass is 79.9. The first kappa shape index (κ1) is 10.1. The van der Waals surface area contributed by atoms with Gasteiger partial charge in [-0.15, -0.1) is 0 Å². The zero-order valence-corrected chi connectivity index (χ0v) is 8.91. The van der Waals surface area contributed by atoms with E-state index in [1.165, 1.54) is 6.92 Å². The van der Waals surface area contributed by atoms with Gasteiger partial charge in [-0.25, -0.2) is 4.98 Å². The number of nitrogens with zero attached hydrogens (tertiary/aromatic N) is 1. The fraction of sp³-hybridized carbons (Fsp3) is 0.200. The van der Waals surface area contributed by atoms with E-state index in [2.05, 4.69) is 20.9 Å². The Bertz CT molecular complexity index is 333. The van der Waals surface area contributed by atoms with Crippen molar-refractivity contribution in [1.29, 1.82) is 0 Å². The van der Waals surface area contributed by atoms with Crippen molar-refractivity contribution in [1.82, 2.24) is 4.98 Å². The van der Waals surface area contributed by atoms with Crippen LogP contribution in [0.25, 0.3) is 6.08 Å². The Morgan fingerprint density at radius 3 is 3.00 bits per heavy atom. The highest BCUT2D eigenvalue weighted by Crippen LogP contribution is 2.02. The number of halogens is 1. The predicted octanol–water partition coefficient (Wildman–Crippen LogP) is 2.69. The van der Waals surface area contributed by atoms with Crippen LogP contribution in [0.3, 0.4) is 0 Å². The van der Waals surface area contributed by atoms with Crippen LogP contribution >= 0.6 is 15.9 Å². The molecule has 3 heteroatoms. The largest absolute Gasteiger partial charge is 0.293 e. The van der Waals surface area contributed by atoms with E-state index in [4.69, 9.17) is 0 Å². The van der Waals surface area contributed by atoms with Gasteiger partial charge in [0.1, 0.15) is 5.69 Å². The minimum atomic E-state index is -0.00547. The maximum absolute atomic E-state index is 11.0. The molecule has 1 heterocycles. The number of hydrogen-bond donors (Lipinski definition) is 0. The molecule has 0 radical (unpaired) electrons.